The van der Waals surface area contributed by atoms with Gasteiger partial charge in [-0.25, -0.2) is 0 Å². The summed E-state index contributed by atoms with van der Waals surface area (Å²) in [5, 5.41) is 5.62. The lowest BCUT2D eigenvalue weighted by Gasteiger charge is -2.26. The van der Waals surface area contributed by atoms with Gasteiger partial charge in [-0.15, -0.1) is 0 Å². The van der Waals surface area contributed by atoms with Gasteiger partial charge in [-0.1, -0.05) is 67.5 Å². The molecule has 3 aromatic rings. The number of pyridine rings is 1. The van der Waals surface area contributed by atoms with E-state index in [0.29, 0.717) is 0 Å². The Morgan fingerprint density at radius 2 is 1.72 bits per heavy atom. The van der Waals surface area contributed by atoms with Crippen molar-refractivity contribution in [1.82, 2.24) is 4.98 Å². The average molecular weight is 330 g/mol. The van der Waals surface area contributed by atoms with E-state index in [2.05, 4.69) is 62.3 Å². The molecule has 1 unspecified atom stereocenters. The molecule has 1 aliphatic rings. The fourth-order valence-electron chi connectivity index (χ4n) is 3.55. The molecule has 2 heterocycles. The normalized spacial score (nSPS) is 18.8. The van der Waals surface area contributed by atoms with Gasteiger partial charge in [-0.3, -0.25) is 4.98 Å². The molecule has 0 aliphatic carbocycles. The zero-order valence-electron chi connectivity index (χ0n) is 14.9. The fraction of sp³-hybridized carbons (Fsp3) is 0.273. The first kappa shape index (κ1) is 15.8. The molecule has 0 saturated heterocycles. The number of hydrogen-bond donors (Lipinski definition) is 0. The minimum atomic E-state index is -0.164. The Morgan fingerprint density at radius 1 is 1.00 bits per heavy atom. The van der Waals surface area contributed by atoms with Crippen molar-refractivity contribution >= 4 is 16.6 Å². The summed E-state index contributed by atoms with van der Waals surface area (Å²) in [6, 6.07) is 20.7. The third-order valence-electron chi connectivity index (χ3n) is 5.10. The van der Waals surface area contributed by atoms with E-state index < -0.39 is 0 Å². The maximum atomic E-state index is 5.84. The van der Waals surface area contributed by atoms with E-state index in [4.69, 9.17) is 9.82 Å². The van der Waals surface area contributed by atoms with Gasteiger partial charge in [0, 0.05) is 17.5 Å². The molecule has 0 N–H and O–H groups in total. The van der Waals surface area contributed by atoms with Crippen molar-refractivity contribution in [2.75, 3.05) is 0 Å². The molecule has 4 rings (SSSR count). The third kappa shape index (κ3) is 2.80. The van der Waals surface area contributed by atoms with Crippen molar-refractivity contribution in [2.24, 2.45) is 10.6 Å². The van der Waals surface area contributed by atoms with Crippen LogP contribution in [0.4, 0.5) is 0 Å². The second-order valence-electron chi connectivity index (χ2n) is 7.27. The lowest BCUT2D eigenvalue weighted by atomic mass is 9.77. The van der Waals surface area contributed by atoms with Gasteiger partial charge in [0.15, 0.2) is 0 Å². The van der Waals surface area contributed by atoms with Crippen LogP contribution in [-0.4, -0.2) is 16.8 Å². The Morgan fingerprint density at radius 3 is 2.52 bits per heavy atom. The summed E-state index contributed by atoms with van der Waals surface area (Å²) in [7, 11) is 0. The van der Waals surface area contributed by atoms with Gasteiger partial charge in [0.1, 0.15) is 6.10 Å². The van der Waals surface area contributed by atoms with Gasteiger partial charge >= 0.3 is 0 Å². The number of hydrogen-bond acceptors (Lipinski definition) is 3. The summed E-state index contributed by atoms with van der Waals surface area (Å²) < 4.78 is 0. The molecule has 3 heteroatoms. The maximum Gasteiger partial charge on any atom is 0.143 e. The molecule has 25 heavy (non-hydrogen) atoms. The fourth-order valence-corrected chi connectivity index (χ4v) is 3.55. The lowest BCUT2D eigenvalue weighted by Crippen LogP contribution is -2.35. The molecule has 1 atom stereocenters. The molecule has 1 aromatic heterocycles. The second-order valence-corrected chi connectivity index (χ2v) is 7.27. The molecule has 1 aliphatic heterocycles. The Kier molecular flexibility index (Phi) is 3.79. The van der Waals surface area contributed by atoms with Gasteiger partial charge in [0.05, 0.1) is 16.6 Å². The molecule has 0 saturated carbocycles. The van der Waals surface area contributed by atoms with Gasteiger partial charge in [0.25, 0.3) is 0 Å². The Labute approximate surface area is 148 Å². The number of rotatable bonds is 3. The largest absolute Gasteiger partial charge is 0.391 e. The smallest absolute Gasteiger partial charge is 0.143 e. The van der Waals surface area contributed by atoms with E-state index in [1.54, 1.807) is 0 Å². The van der Waals surface area contributed by atoms with Crippen LogP contribution in [0.15, 0.2) is 65.8 Å². The minimum Gasteiger partial charge on any atom is -0.391 e. The molecule has 0 amide bonds. The van der Waals surface area contributed by atoms with Crippen molar-refractivity contribution in [2.45, 2.75) is 33.3 Å². The number of fused-ring (bicyclic) bond motifs is 1. The van der Waals surface area contributed by atoms with Crippen molar-refractivity contribution in [3.63, 3.8) is 0 Å². The quantitative estimate of drug-likeness (QED) is 0.683. The number of aryl methyl sites for hydroxylation is 1. The Bertz CT molecular complexity index is 945. The van der Waals surface area contributed by atoms with Crippen LogP contribution >= 0.6 is 0 Å². The molecule has 0 radical (unpaired) electrons. The van der Waals surface area contributed by atoms with Crippen molar-refractivity contribution < 1.29 is 4.84 Å². The highest BCUT2D eigenvalue weighted by atomic mass is 16.6. The van der Waals surface area contributed by atoms with E-state index in [-0.39, 0.29) is 11.5 Å². The molecule has 0 bridgehead atoms. The topological polar surface area (TPSA) is 34.5 Å². The number of aromatic nitrogens is 1. The lowest BCUT2D eigenvalue weighted by molar-refractivity contribution is 0.0365. The second kappa shape index (κ2) is 5.99. The Hall–Kier alpha value is -2.68. The highest BCUT2D eigenvalue weighted by molar-refractivity contribution is 6.05. The first-order valence-electron chi connectivity index (χ1n) is 8.70. The summed E-state index contributed by atoms with van der Waals surface area (Å²) in [6.07, 6.45) is 0.731. The number of nitrogens with zero attached hydrogens (tertiary/aromatic N) is 2. The van der Waals surface area contributed by atoms with Gasteiger partial charge in [-0.2, -0.15) is 0 Å². The van der Waals surface area contributed by atoms with Crippen molar-refractivity contribution in [1.29, 1.82) is 0 Å². The molecular formula is C22H22N2O. The molecule has 2 aromatic carbocycles. The first-order valence-corrected chi connectivity index (χ1v) is 8.70. The maximum absolute atomic E-state index is 5.84. The zero-order valence-corrected chi connectivity index (χ0v) is 14.9. The van der Waals surface area contributed by atoms with Crippen molar-refractivity contribution in [3.8, 4) is 0 Å². The third-order valence-corrected chi connectivity index (χ3v) is 5.10. The van der Waals surface area contributed by atoms with Crippen LogP contribution in [0.1, 0.15) is 30.7 Å². The SMILES string of the molecule is Cc1cc(CC2ON=C(c3ccccc3)C2(C)C)nc2ccccc12. The van der Waals surface area contributed by atoms with E-state index in [1.165, 1.54) is 10.9 Å². The van der Waals surface area contributed by atoms with E-state index in [9.17, 15) is 0 Å². The molecule has 0 fully saturated rings. The molecule has 0 spiro atoms. The number of para-hydroxylation sites is 1. The molecule has 3 nitrogen and oxygen atoms in total. The predicted octanol–water partition coefficient (Wildman–Crippen LogP) is 4.92. The number of oxime groups is 1. The predicted molar refractivity (Wildman–Crippen MR) is 102 cm³/mol. The highest BCUT2D eigenvalue weighted by Crippen LogP contribution is 2.36. The standard InChI is InChI=1S/C22H22N2O/c1-15-13-17(23-19-12-8-7-11-18(15)19)14-20-22(2,3)21(24-25-20)16-9-5-4-6-10-16/h4-13,20H,14H2,1-3H3. The monoisotopic (exact) mass is 330 g/mol. The van der Waals surface area contributed by atoms with Crippen LogP contribution < -0.4 is 0 Å². The van der Waals surface area contributed by atoms with Crippen LogP contribution in [0.2, 0.25) is 0 Å². The van der Waals surface area contributed by atoms with Crippen LogP contribution in [0.3, 0.4) is 0 Å². The summed E-state index contributed by atoms with van der Waals surface area (Å²) in [5.41, 5.74) is 5.31. The van der Waals surface area contributed by atoms with E-state index in [1.807, 2.05) is 24.3 Å². The van der Waals surface area contributed by atoms with E-state index in [0.717, 1.165) is 28.9 Å². The van der Waals surface area contributed by atoms with Crippen LogP contribution in [0.25, 0.3) is 10.9 Å². The van der Waals surface area contributed by atoms with Crippen LogP contribution in [0, 0.1) is 12.3 Å². The van der Waals surface area contributed by atoms with Gasteiger partial charge in [0.2, 0.25) is 0 Å². The van der Waals surface area contributed by atoms with Crippen molar-refractivity contribution in [3.05, 3.63) is 77.5 Å². The highest BCUT2D eigenvalue weighted by Gasteiger charge is 2.42. The summed E-state index contributed by atoms with van der Waals surface area (Å²) in [5.74, 6) is 0. The van der Waals surface area contributed by atoms with E-state index >= 15 is 0 Å². The zero-order chi connectivity index (χ0) is 17.4. The van der Waals surface area contributed by atoms with Crippen LogP contribution in [0.5, 0.6) is 0 Å². The molecule has 126 valence electrons. The van der Waals surface area contributed by atoms with Gasteiger partial charge in [-0.05, 0) is 30.2 Å². The molecular weight excluding hydrogens is 308 g/mol. The Balaban J connectivity index is 1.62. The first-order chi connectivity index (χ1) is 12.1. The summed E-state index contributed by atoms with van der Waals surface area (Å²) >= 11 is 0. The minimum absolute atomic E-state index is 0.0178. The summed E-state index contributed by atoms with van der Waals surface area (Å²) in [6.45, 7) is 6.54. The number of benzene rings is 2. The average Bonchev–Trinajstić information content (AvgIpc) is 2.90. The van der Waals surface area contributed by atoms with Crippen LogP contribution in [-0.2, 0) is 11.3 Å². The van der Waals surface area contributed by atoms with Gasteiger partial charge < -0.3 is 4.84 Å². The summed E-state index contributed by atoms with van der Waals surface area (Å²) in [4.78, 5) is 10.7.